The Hall–Kier alpha value is -1.42. The Morgan fingerprint density at radius 1 is 1.33 bits per heavy atom. The molecule has 1 saturated carbocycles. The van der Waals surface area contributed by atoms with Crippen molar-refractivity contribution in [1.82, 2.24) is 10.2 Å². The quantitative estimate of drug-likeness (QED) is 0.904. The Balaban J connectivity index is 1.73. The predicted octanol–water partition coefficient (Wildman–Crippen LogP) is 2.74. The van der Waals surface area contributed by atoms with Gasteiger partial charge in [-0.2, -0.15) is 0 Å². The lowest BCUT2D eigenvalue weighted by Crippen LogP contribution is -2.42. The maximum Gasteiger partial charge on any atom is 0.254 e. The molecular weight excluding hydrogens is 267 g/mol. The van der Waals surface area contributed by atoms with Gasteiger partial charge in [0.25, 0.3) is 5.91 Å². The molecule has 2 fully saturated rings. The van der Waals surface area contributed by atoms with Crippen LogP contribution in [0.15, 0.2) is 18.2 Å². The molecular formula is C17H23FN2O. The Labute approximate surface area is 125 Å². The molecule has 2 aliphatic rings. The van der Waals surface area contributed by atoms with Crippen molar-refractivity contribution in [3.8, 4) is 0 Å². The maximum absolute atomic E-state index is 13.7. The van der Waals surface area contributed by atoms with Gasteiger partial charge in [0, 0.05) is 24.7 Å². The first-order valence-corrected chi connectivity index (χ1v) is 7.92. The van der Waals surface area contributed by atoms with Gasteiger partial charge in [0.15, 0.2) is 0 Å². The van der Waals surface area contributed by atoms with Crippen LogP contribution < -0.4 is 5.32 Å². The van der Waals surface area contributed by atoms with Crippen LogP contribution >= 0.6 is 0 Å². The number of benzene rings is 1. The van der Waals surface area contributed by atoms with Crippen LogP contribution in [0, 0.1) is 18.7 Å². The van der Waals surface area contributed by atoms with Crippen molar-refractivity contribution in [3.63, 3.8) is 0 Å². The molecule has 1 aromatic rings. The summed E-state index contributed by atoms with van der Waals surface area (Å²) in [4.78, 5) is 14.6. The SMILES string of the molecule is Cc1ccc(C(=O)N(CC2CC2)CC2CCCN2)cc1F. The lowest BCUT2D eigenvalue weighted by molar-refractivity contribution is 0.0733. The molecule has 1 aromatic carbocycles. The molecule has 0 spiro atoms. The van der Waals surface area contributed by atoms with Crippen molar-refractivity contribution in [2.75, 3.05) is 19.6 Å². The van der Waals surface area contributed by atoms with E-state index in [1.807, 2.05) is 4.90 Å². The van der Waals surface area contributed by atoms with E-state index in [2.05, 4.69) is 5.32 Å². The first-order chi connectivity index (χ1) is 10.1. The highest BCUT2D eigenvalue weighted by atomic mass is 19.1. The fraction of sp³-hybridized carbons (Fsp3) is 0.588. The van der Waals surface area contributed by atoms with E-state index >= 15 is 0 Å². The van der Waals surface area contributed by atoms with Crippen LogP contribution in [0.1, 0.15) is 41.6 Å². The van der Waals surface area contributed by atoms with Crippen molar-refractivity contribution < 1.29 is 9.18 Å². The molecule has 3 nitrogen and oxygen atoms in total. The number of aryl methyl sites for hydroxylation is 1. The van der Waals surface area contributed by atoms with Gasteiger partial charge in [0.2, 0.25) is 0 Å². The minimum Gasteiger partial charge on any atom is -0.337 e. The highest BCUT2D eigenvalue weighted by Gasteiger charge is 2.29. The van der Waals surface area contributed by atoms with Gasteiger partial charge in [-0.1, -0.05) is 6.07 Å². The van der Waals surface area contributed by atoms with E-state index in [1.54, 1.807) is 19.1 Å². The number of carbonyl (C=O) groups is 1. The van der Waals surface area contributed by atoms with Crippen molar-refractivity contribution in [2.45, 2.75) is 38.6 Å². The fourth-order valence-electron chi connectivity index (χ4n) is 2.94. The summed E-state index contributed by atoms with van der Waals surface area (Å²) in [5, 5.41) is 3.44. The zero-order valence-electron chi connectivity index (χ0n) is 12.6. The minimum absolute atomic E-state index is 0.0329. The Bertz CT molecular complexity index is 522. The van der Waals surface area contributed by atoms with Crippen LogP contribution in [-0.2, 0) is 0 Å². The number of amides is 1. The lowest BCUT2D eigenvalue weighted by atomic mass is 10.1. The van der Waals surface area contributed by atoms with Gasteiger partial charge < -0.3 is 10.2 Å². The standard InChI is InChI=1S/C17H23FN2O/c1-12-4-7-14(9-16(12)18)17(21)20(10-13-5-6-13)11-15-3-2-8-19-15/h4,7,9,13,15,19H,2-3,5-6,8,10-11H2,1H3. The van der Waals surface area contributed by atoms with Crippen LogP contribution in [0.3, 0.4) is 0 Å². The summed E-state index contributed by atoms with van der Waals surface area (Å²) in [6.45, 7) is 4.31. The van der Waals surface area contributed by atoms with Gasteiger partial charge in [0.1, 0.15) is 5.82 Å². The molecule has 0 bridgehead atoms. The second kappa shape index (κ2) is 6.14. The van der Waals surface area contributed by atoms with Crippen LogP contribution in [0.5, 0.6) is 0 Å². The molecule has 3 rings (SSSR count). The zero-order valence-corrected chi connectivity index (χ0v) is 12.6. The van der Waals surface area contributed by atoms with Gasteiger partial charge in [-0.05, 0) is 62.8 Å². The third-order valence-corrected chi connectivity index (χ3v) is 4.48. The molecule has 1 N–H and O–H groups in total. The highest BCUT2D eigenvalue weighted by Crippen LogP contribution is 2.30. The third kappa shape index (κ3) is 3.62. The second-order valence-electron chi connectivity index (χ2n) is 6.41. The first kappa shape index (κ1) is 14.5. The van der Waals surface area contributed by atoms with Crippen molar-refractivity contribution in [3.05, 3.63) is 35.1 Å². The average molecular weight is 290 g/mol. The van der Waals surface area contributed by atoms with Gasteiger partial charge in [-0.3, -0.25) is 4.79 Å². The van der Waals surface area contributed by atoms with Crippen molar-refractivity contribution in [1.29, 1.82) is 0 Å². The molecule has 1 atom stereocenters. The predicted molar refractivity (Wildman–Crippen MR) is 80.8 cm³/mol. The van der Waals surface area contributed by atoms with E-state index in [1.165, 1.54) is 25.3 Å². The molecule has 114 valence electrons. The van der Waals surface area contributed by atoms with E-state index in [0.29, 0.717) is 23.1 Å². The Morgan fingerprint density at radius 3 is 2.76 bits per heavy atom. The van der Waals surface area contributed by atoms with E-state index in [-0.39, 0.29) is 11.7 Å². The molecule has 0 aromatic heterocycles. The summed E-state index contributed by atoms with van der Waals surface area (Å²) in [5.41, 5.74) is 1.05. The molecule has 4 heteroatoms. The molecule has 1 saturated heterocycles. The third-order valence-electron chi connectivity index (χ3n) is 4.48. The highest BCUT2D eigenvalue weighted by molar-refractivity contribution is 5.94. The number of nitrogens with one attached hydrogen (secondary N) is 1. The monoisotopic (exact) mass is 290 g/mol. The molecule has 21 heavy (non-hydrogen) atoms. The average Bonchev–Trinajstić information content (AvgIpc) is 3.14. The van der Waals surface area contributed by atoms with Gasteiger partial charge in [-0.25, -0.2) is 4.39 Å². The Kier molecular flexibility index (Phi) is 4.24. The normalized spacial score (nSPS) is 21.5. The summed E-state index contributed by atoms with van der Waals surface area (Å²) < 4.78 is 13.7. The smallest absolute Gasteiger partial charge is 0.254 e. The van der Waals surface area contributed by atoms with Gasteiger partial charge in [0.05, 0.1) is 0 Å². The number of hydrogen-bond acceptors (Lipinski definition) is 2. The summed E-state index contributed by atoms with van der Waals surface area (Å²) in [6.07, 6.45) is 4.72. The second-order valence-corrected chi connectivity index (χ2v) is 6.41. The summed E-state index contributed by atoms with van der Waals surface area (Å²) in [6, 6.07) is 5.19. The molecule has 0 radical (unpaired) electrons. The van der Waals surface area contributed by atoms with Gasteiger partial charge >= 0.3 is 0 Å². The number of carbonyl (C=O) groups excluding carboxylic acids is 1. The maximum atomic E-state index is 13.7. The van der Waals surface area contributed by atoms with Crippen molar-refractivity contribution >= 4 is 5.91 Å². The minimum atomic E-state index is -0.300. The summed E-state index contributed by atoms with van der Waals surface area (Å²) in [7, 11) is 0. The number of hydrogen-bond donors (Lipinski definition) is 1. The molecule has 1 amide bonds. The van der Waals surface area contributed by atoms with E-state index in [4.69, 9.17) is 0 Å². The van der Waals surface area contributed by atoms with Crippen LogP contribution in [0.25, 0.3) is 0 Å². The number of halogens is 1. The van der Waals surface area contributed by atoms with Gasteiger partial charge in [-0.15, -0.1) is 0 Å². The van der Waals surface area contributed by atoms with Crippen LogP contribution in [0.2, 0.25) is 0 Å². The summed E-state index contributed by atoms with van der Waals surface area (Å²) >= 11 is 0. The molecule has 1 aliphatic carbocycles. The Morgan fingerprint density at radius 2 is 2.14 bits per heavy atom. The fourth-order valence-corrected chi connectivity index (χ4v) is 2.94. The first-order valence-electron chi connectivity index (χ1n) is 7.92. The number of rotatable bonds is 5. The van der Waals surface area contributed by atoms with Crippen molar-refractivity contribution in [2.24, 2.45) is 5.92 Å². The molecule has 1 heterocycles. The van der Waals surface area contributed by atoms with Crippen LogP contribution in [0.4, 0.5) is 4.39 Å². The van der Waals surface area contributed by atoms with E-state index < -0.39 is 0 Å². The topological polar surface area (TPSA) is 32.3 Å². The lowest BCUT2D eigenvalue weighted by Gasteiger charge is -2.26. The van der Waals surface area contributed by atoms with E-state index in [9.17, 15) is 9.18 Å². The molecule has 1 aliphatic heterocycles. The zero-order chi connectivity index (χ0) is 14.8. The van der Waals surface area contributed by atoms with E-state index in [0.717, 1.165) is 26.1 Å². The number of nitrogens with zero attached hydrogens (tertiary/aromatic N) is 1. The largest absolute Gasteiger partial charge is 0.337 e. The van der Waals surface area contributed by atoms with Crippen LogP contribution in [-0.4, -0.2) is 36.5 Å². The molecule has 1 unspecified atom stereocenters. The summed E-state index contributed by atoms with van der Waals surface area (Å²) in [5.74, 6) is 0.311.